The SMILES string of the molecule is COc1ccccc1-c1nnc(SCc2cccc(Cl)c2)n1C. The van der Waals surface area contributed by atoms with Gasteiger partial charge in [0.05, 0.1) is 12.7 Å². The van der Waals surface area contributed by atoms with Crippen molar-refractivity contribution < 1.29 is 4.74 Å². The average molecular weight is 346 g/mol. The summed E-state index contributed by atoms with van der Waals surface area (Å²) in [4.78, 5) is 0. The minimum Gasteiger partial charge on any atom is -0.496 e. The van der Waals surface area contributed by atoms with Gasteiger partial charge < -0.3 is 9.30 Å². The van der Waals surface area contributed by atoms with E-state index in [1.807, 2.05) is 54.1 Å². The molecule has 3 aromatic rings. The van der Waals surface area contributed by atoms with Gasteiger partial charge >= 0.3 is 0 Å². The van der Waals surface area contributed by atoms with Crippen molar-refractivity contribution in [3.63, 3.8) is 0 Å². The van der Waals surface area contributed by atoms with Crippen LogP contribution < -0.4 is 4.74 Å². The van der Waals surface area contributed by atoms with Crippen molar-refractivity contribution in [3.8, 4) is 17.1 Å². The molecule has 0 fully saturated rings. The van der Waals surface area contributed by atoms with Crippen molar-refractivity contribution in [1.82, 2.24) is 14.8 Å². The second-order valence-corrected chi connectivity index (χ2v) is 6.36. The standard InChI is InChI=1S/C17H16ClN3OS/c1-21-16(14-8-3-4-9-15(14)22-2)19-20-17(21)23-11-12-6-5-7-13(18)10-12/h3-10H,11H2,1-2H3. The van der Waals surface area contributed by atoms with Crippen LogP contribution >= 0.6 is 23.4 Å². The molecule has 0 aliphatic heterocycles. The summed E-state index contributed by atoms with van der Waals surface area (Å²) in [5.41, 5.74) is 2.09. The Morgan fingerprint density at radius 3 is 2.74 bits per heavy atom. The normalized spacial score (nSPS) is 10.7. The largest absolute Gasteiger partial charge is 0.496 e. The number of hydrogen-bond donors (Lipinski definition) is 0. The van der Waals surface area contributed by atoms with Crippen LogP contribution in [0.2, 0.25) is 5.02 Å². The monoisotopic (exact) mass is 345 g/mol. The van der Waals surface area contributed by atoms with E-state index in [4.69, 9.17) is 16.3 Å². The van der Waals surface area contributed by atoms with Gasteiger partial charge in [-0.25, -0.2) is 0 Å². The molecule has 4 nitrogen and oxygen atoms in total. The van der Waals surface area contributed by atoms with Crippen LogP contribution in [0.4, 0.5) is 0 Å². The van der Waals surface area contributed by atoms with Gasteiger partial charge in [0.1, 0.15) is 5.75 Å². The van der Waals surface area contributed by atoms with Crippen molar-refractivity contribution in [1.29, 1.82) is 0 Å². The first-order valence-electron chi connectivity index (χ1n) is 7.09. The molecule has 0 radical (unpaired) electrons. The van der Waals surface area contributed by atoms with Crippen molar-refractivity contribution in [2.45, 2.75) is 10.9 Å². The zero-order valence-corrected chi connectivity index (χ0v) is 14.4. The van der Waals surface area contributed by atoms with Crippen molar-refractivity contribution in [2.75, 3.05) is 7.11 Å². The highest BCUT2D eigenvalue weighted by atomic mass is 35.5. The molecule has 6 heteroatoms. The molecule has 1 aromatic heterocycles. The highest BCUT2D eigenvalue weighted by Crippen LogP contribution is 2.31. The minimum absolute atomic E-state index is 0.746. The number of benzene rings is 2. The Balaban J connectivity index is 1.82. The lowest BCUT2D eigenvalue weighted by Gasteiger charge is -2.08. The first kappa shape index (κ1) is 15.9. The van der Waals surface area contributed by atoms with Crippen LogP contribution in [-0.4, -0.2) is 21.9 Å². The summed E-state index contributed by atoms with van der Waals surface area (Å²) in [6.45, 7) is 0. The number of thioether (sulfide) groups is 1. The molecule has 0 bridgehead atoms. The number of aromatic nitrogens is 3. The second-order valence-electron chi connectivity index (χ2n) is 4.98. The fraction of sp³-hybridized carbons (Fsp3) is 0.176. The van der Waals surface area contributed by atoms with Crippen LogP contribution in [-0.2, 0) is 12.8 Å². The molecule has 0 aliphatic carbocycles. The average Bonchev–Trinajstić information content (AvgIpc) is 2.93. The number of rotatable bonds is 5. The third-order valence-electron chi connectivity index (χ3n) is 3.44. The Kier molecular flexibility index (Phi) is 4.88. The van der Waals surface area contributed by atoms with E-state index in [2.05, 4.69) is 16.3 Å². The van der Waals surface area contributed by atoms with Crippen molar-refractivity contribution in [3.05, 3.63) is 59.1 Å². The zero-order valence-electron chi connectivity index (χ0n) is 12.9. The van der Waals surface area contributed by atoms with Gasteiger partial charge in [-0.15, -0.1) is 10.2 Å². The lowest BCUT2D eigenvalue weighted by Crippen LogP contribution is -1.97. The van der Waals surface area contributed by atoms with Crippen LogP contribution in [0.25, 0.3) is 11.4 Å². The predicted molar refractivity (Wildman–Crippen MR) is 94.0 cm³/mol. The van der Waals surface area contributed by atoms with E-state index in [0.29, 0.717) is 0 Å². The predicted octanol–water partition coefficient (Wildman–Crippen LogP) is 4.44. The van der Waals surface area contributed by atoms with E-state index in [1.165, 1.54) is 0 Å². The van der Waals surface area contributed by atoms with Gasteiger partial charge in [-0.3, -0.25) is 0 Å². The topological polar surface area (TPSA) is 39.9 Å². The molecule has 118 valence electrons. The highest BCUT2D eigenvalue weighted by molar-refractivity contribution is 7.98. The van der Waals surface area contributed by atoms with Gasteiger partial charge in [0.2, 0.25) is 0 Å². The fourth-order valence-electron chi connectivity index (χ4n) is 2.28. The van der Waals surface area contributed by atoms with E-state index in [-0.39, 0.29) is 0 Å². The van der Waals surface area contributed by atoms with E-state index in [9.17, 15) is 0 Å². The first-order valence-corrected chi connectivity index (χ1v) is 8.45. The van der Waals surface area contributed by atoms with Crippen LogP contribution in [0, 0.1) is 0 Å². The lowest BCUT2D eigenvalue weighted by atomic mass is 10.2. The van der Waals surface area contributed by atoms with Gasteiger partial charge in [-0.05, 0) is 29.8 Å². The summed E-state index contributed by atoms with van der Waals surface area (Å²) in [5, 5.41) is 10.2. The maximum atomic E-state index is 6.02. The van der Waals surface area contributed by atoms with Gasteiger partial charge in [0.25, 0.3) is 0 Å². The minimum atomic E-state index is 0.746. The Morgan fingerprint density at radius 1 is 1.13 bits per heavy atom. The van der Waals surface area contributed by atoms with Crippen LogP contribution in [0.1, 0.15) is 5.56 Å². The molecule has 1 heterocycles. The Morgan fingerprint density at radius 2 is 1.96 bits per heavy atom. The summed E-state index contributed by atoms with van der Waals surface area (Å²) in [5.74, 6) is 2.36. The molecular formula is C17H16ClN3OS. The molecule has 0 amide bonds. The number of methoxy groups -OCH3 is 1. The van der Waals surface area contributed by atoms with Gasteiger partial charge in [-0.2, -0.15) is 0 Å². The number of nitrogens with zero attached hydrogens (tertiary/aromatic N) is 3. The first-order chi connectivity index (χ1) is 11.2. The second kappa shape index (κ2) is 7.06. The summed E-state index contributed by atoms with van der Waals surface area (Å²) in [7, 11) is 3.62. The molecule has 0 spiro atoms. The molecule has 0 saturated heterocycles. The summed E-state index contributed by atoms with van der Waals surface area (Å²) in [6, 6.07) is 15.6. The number of hydrogen-bond acceptors (Lipinski definition) is 4. The molecule has 0 atom stereocenters. The van der Waals surface area contributed by atoms with Gasteiger partial charge in [0.15, 0.2) is 11.0 Å². The highest BCUT2D eigenvalue weighted by Gasteiger charge is 2.14. The lowest BCUT2D eigenvalue weighted by molar-refractivity contribution is 0.416. The quantitative estimate of drug-likeness (QED) is 0.641. The summed E-state index contributed by atoms with van der Waals surface area (Å²) >= 11 is 7.65. The molecule has 0 saturated carbocycles. The summed E-state index contributed by atoms with van der Waals surface area (Å²) in [6.07, 6.45) is 0. The maximum Gasteiger partial charge on any atom is 0.191 e. The molecule has 2 aromatic carbocycles. The van der Waals surface area contributed by atoms with Crippen LogP contribution in [0.3, 0.4) is 0 Å². The van der Waals surface area contributed by atoms with Crippen molar-refractivity contribution >= 4 is 23.4 Å². The third-order valence-corrected chi connectivity index (χ3v) is 4.77. The molecule has 0 unspecified atom stereocenters. The molecule has 3 rings (SSSR count). The Hall–Kier alpha value is -1.98. The number of para-hydroxylation sites is 1. The summed E-state index contributed by atoms with van der Waals surface area (Å²) < 4.78 is 7.38. The number of halogens is 1. The molecule has 23 heavy (non-hydrogen) atoms. The third kappa shape index (κ3) is 3.51. The van der Waals surface area contributed by atoms with Crippen LogP contribution in [0.5, 0.6) is 5.75 Å². The zero-order chi connectivity index (χ0) is 16.2. The van der Waals surface area contributed by atoms with E-state index >= 15 is 0 Å². The van der Waals surface area contributed by atoms with Crippen LogP contribution in [0.15, 0.2) is 53.7 Å². The smallest absolute Gasteiger partial charge is 0.191 e. The maximum absolute atomic E-state index is 6.02. The van der Waals surface area contributed by atoms with E-state index < -0.39 is 0 Å². The van der Waals surface area contributed by atoms with Gasteiger partial charge in [0, 0.05) is 17.8 Å². The van der Waals surface area contributed by atoms with Crippen molar-refractivity contribution in [2.24, 2.45) is 7.05 Å². The van der Waals surface area contributed by atoms with Gasteiger partial charge in [-0.1, -0.05) is 47.6 Å². The van der Waals surface area contributed by atoms with E-state index in [0.717, 1.165) is 38.6 Å². The fourth-order valence-corrected chi connectivity index (χ4v) is 3.35. The molecule has 0 N–H and O–H groups in total. The molecular weight excluding hydrogens is 330 g/mol. The Labute approximate surface area is 144 Å². The van der Waals surface area contributed by atoms with E-state index in [1.54, 1.807) is 18.9 Å². The number of ether oxygens (including phenoxy) is 1. The molecule has 0 aliphatic rings. The Bertz CT molecular complexity index is 819.